The smallest absolute Gasteiger partial charge is 0.335 e. The molecule has 2 aromatic carbocycles. The maximum Gasteiger partial charge on any atom is 0.335 e. The normalized spacial score (nSPS) is 24.5. The maximum absolute atomic E-state index is 11.4. The standard InChI is InChI=1S/C22H25NO3/c1-14-11-17(21(24)25)12-18(20(14)26-2)15-3-5-16(6-4-15)19-7-8-22(19)9-10-23-13-22/h3-6,11-12,19,23H,7-10,13H2,1-2H3,(H,24,25). The van der Waals surface area contributed by atoms with Crippen LogP contribution in [0.2, 0.25) is 0 Å². The molecule has 2 unspecified atom stereocenters. The lowest BCUT2D eigenvalue weighted by atomic mass is 9.57. The fourth-order valence-electron chi connectivity index (χ4n) is 4.77. The number of carboxylic acid groups (broad SMARTS) is 1. The largest absolute Gasteiger partial charge is 0.496 e. The van der Waals surface area contributed by atoms with Crippen molar-refractivity contribution in [3.8, 4) is 16.9 Å². The molecule has 26 heavy (non-hydrogen) atoms. The summed E-state index contributed by atoms with van der Waals surface area (Å²) in [5.41, 5.74) is 4.81. The number of nitrogens with one attached hydrogen (secondary N) is 1. The molecule has 2 aromatic rings. The summed E-state index contributed by atoms with van der Waals surface area (Å²) in [5.74, 6) is 0.460. The van der Waals surface area contributed by atoms with Gasteiger partial charge in [-0.25, -0.2) is 4.79 Å². The second-order valence-corrected chi connectivity index (χ2v) is 7.68. The van der Waals surface area contributed by atoms with Crippen molar-refractivity contribution < 1.29 is 14.6 Å². The molecule has 2 N–H and O–H groups in total. The van der Waals surface area contributed by atoms with Crippen LogP contribution in [-0.4, -0.2) is 31.3 Å². The van der Waals surface area contributed by atoms with Gasteiger partial charge in [0.05, 0.1) is 12.7 Å². The number of hydrogen-bond donors (Lipinski definition) is 2. The average Bonchev–Trinajstić information content (AvgIpc) is 3.13. The Labute approximate surface area is 154 Å². The van der Waals surface area contributed by atoms with E-state index >= 15 is 0 Å². The van der Waals surface area contributed by atoms with E-state index in [0.717, 1.165) is 35.5 Å². The maximum atomic E-state index is 11.4. The lowest BCUT2D eigenvalue weighted by Crippen LogP contribution is -2.40. The molecule has 1 aliphatic heterocycles. The molecule has 136 valence electrons. The summed E-state index contributed by atoms with van der Waals surface area (Å²) >= 11 is 0. The van der Waals surface area contributed by atoms with Crippen LogP contribution in [0.15, 0.2) is 36.4 Å². The van der Waals surface area contributed by atoms with Crippen LogP contribution in [0, 0.1) is 12.3 Å². The van der Waals surface area contributed by atoms with Gasteiger partial charge in [-0.3, -0.25) is 0 Å². The Kier molecular flexibility index (Phi) is 4.23. The van der Waals surface area contributed by atoms with E-state index in [2.05, 4.69) is 29.6 Å². The zero-order valence-electron chi connectivity index (χ0n) is 15.3. The molecular weight excluding hydrogens is 326 g/mol. The van der Waals surface area contributed by atoms with Crippen LogP contribution in [-0.2, 0) is 0 Å². The average molecular weight is 351 g/mol. The number of hydrogen-bond acceptors (Lipinski definition) is 3. The number of benzene rings is 2. The van der Waals surface area contributed by atoms with E-state index in [-0.39, 0.29) is 5.56 Å². The number of aromatic carboxylic acids is 1. The van der Waals surface area contributed by atoms with Crippen molar-refractivity contribution in [3.05, 3.63) is 53.1 Å². The zero-order valence-corrected chi connectivity index (χ0v) is 15.3. The van der Waals surface area contributed by atoms with Crippen LogP contribution in [0.4, 0.5) is 0 Å². The third-order valence-corrected chi connectivity index (χ3v) is 6.30. The second kappa shape index (κ2) is 6.44. The van der Waals surface area contributed by atoms with Crippen LogP contribution < -0.4 is 10.1 Å². The number of aryl methyl sites for hydroxylation is 1. The third-order valence-electron chi connectivity index (χ3n) is 6.30. The highest BCUT2D eigenvalue weighted by atomic mass is 16.5. The molecule has 0 radical (unpaired) electrons. The van der Waals surface area contributed by atoms with Crippen LogP contribution in [0.3, 0.4) is 0 Å². The summed E-state index contributed by atoms with van der Waals surface area (Å²) in [6.07, 6.45) is 3.85. The van der Waals surface area contributed by atoms with Crippen LogP contribution in [0.5, 0.6) is 5.75 Å². The van der Waals surface area contributed by atoms with E-state index in [1.165, 1.54) is 24.8 Å². The number of ether oxygens (including phenoxy) is 1. The molecule has 4 heteroatoms. The lowest BCUT2D eigenvalue weighted by Gasteiger charge is -2.47. The van der Waals surface area contributed by atoms with Crippen molar-refractivity contribution in [2.45, 2.75) is 32.1 Å². The Morgan fingerprint density at radius 3 is 2.54 bits per heavy atom. The minimum Gasteiger partial charge on any atom is -0.496 e. The Morgan fingerprint density at radius 1 is 1.23 bits per heavy atom. The predicted octanol–water partition coefficient (Wildman–Crippen LogP) is 4.23. The highest BCUT2D eigenvalue weighted by Crippen LogP contribution is 2.56. The topological polar surface area (TPSA) is 58.6 Å². The molecule has 1 saturated carbocycles. The van der Waals surface area contributed by atoms with Crippen molar-refractivity contribution in [2.75, 3.05) is 20.2 Å². The van der Waals surface area contributed by atoms with Gasteiger partial charge in [0.15, 0.2) is 0 Å². The second-order valence-electron chi connectivity index (χ2n) is 7.68. The van der Waals surface area contributed by atoms with Gasteiger partial charge in [-0.2, -0.15) is 0 Å². The number of carboxylic acids is 1. The van der Waals surface area contributed by atoms with E-state index in [9.17, 15) is 9.90 Å². The molecule has 0 bridgehead atoms. The molecule has 2 atom stereocenters. The number of carbonyl (C=O) groups is 1. The summed E-state index contributed by atoms with van der Waals surface area (Å²) < 4.78 is 5.55. The van der Waals surface area contributed by atoms with Gasteiger partial charge in [0, 0.05) is 12.1 Å². The first-order chi connectivity index (χ1) is 12.5. The van der Waals surface area contributed by atoms with E-state index in [0.29, 0.717) is 11.3 Å². The van der Waals surface area contributed by atoms with E-state index in [1.54, 1.807) is 19.2 Å². The van der Waals surface area contributed by atoms with Gasteiger partial charge < -0.3 is 15.2 Å². The summed E-state index contributed by atoms with van der Waals surface area (Å²) in [7, 11) is 1.63. The molecular formula is C22H25NO3. The van der Waals surface area contributed by atoms with E-state index in [4.69, 9.17) is 4.74 Å². The zero-order chi connectivity index (χ0) is 18.3. The quantitative estimate of drug-likeness (QED) is 0.866. The Balaban J connectivity index is 1.68. The third kappa shape index (κ3) is 2.69. The summed E-state index contributed by atoms with van der Waals surface area (Å²) in [6, 6.07) is 12.0. The minimum atomic E-state index is -0.918. The van der Waals surface area contributed by atoms with Gasteiger partial charge in [-0.05, 0) is 72.9 Å². The fraction of sp³-hybridized carbons (Fsp3) is 0.409. The highest BCUT2D eigenvalue weighted by Gasteiger charge is 2.48. The van der Waals surface area contributed by atoms with Crippen molar-refractivity contribution in [1.82, 2.24) is 5.32 Å². The van der Waals surface area contributed by atoms with Crippen molar-refractivity contribution in [1.29, 1.82) is 0 Å². The molecule has 0 amide bonds. The SMILES string of the molecule is COc1c(C)cc(C(=O)O)cc1-c1ccc(C2CCC23CCNC3)cc1. The summed E-state index contributed by atoms with van der Waals surface area (Å²) in [4.78, 5) is 11.4. The molecule has 1 saturated heterocycles. The van der Waals surface area contributed by atoms with E-state index in [1.807, 2.05) is 6.92 Å². The number of rotatable bonds is 4. The molecule has 2 fully saturated rings. The lowest BCUT2D eigenvalue weighted by molar-refractivity contribution is 0.0697. The first-order valence-electron chi connectivity index (χ1n) is 9.27. The van der Waals surface area contributed by atoms with Crippen LogP contribution in [0.25, 0.3) is 11.1 Å². The molecule has 4 nitrogen and oxygen atoms in total. The van der Waals surface area contributed by atoms with Gasteiger partial charge in [0.1, 0.15) is 5.75 Å². The van der Waals surface area contributed by atoms with Crippen LogP contribution >= 0.6 is 0 Å². The van der Waals surface area contributed by atoms with E-state index < -0.39 is 5.97 Å². The van der Waals surface area contributed by atoms with Crippen molar-refractivity contribution in [2.24, 2.45) is 5.41 Å². The first kappa shape index (κ1) is 17.1. The Bertz CT molecular complexity index is 835. The number of methoxy groups -OCH3 is 1. The van der Waals surface area contributed by atoms with Gasteiger partial charge in [-0.1, -0.05) is 24.3 Å². The van der Waals surface area contributed by atoms with Gasteiger partial charge in [0.2, 0.25) is 0 Å². The highest BCUT2D eigenvalue weighted by molar-refractivity contribution is 5.91. The van der Waals surface area contributed by atoms with Gasteiger partial charge in [0.25, 0.3) is 0 Å². The van der Waals surface area contributed by atoms with Crippen molar-refractivity contribution >= 4 is 5.97 Å². The predicted molar refractivity (Wildman–Crippen MR) is 102 cm³/mol. The monoisotopic (exact) mass is 351 g/mol. The van der Waals surface area contributed by atoms with Crippen LogP contribution in [0.1, 0.15) is 46.7 Å². The fourth-order valence-corrected chi connectivity index (χ4v) is 4.77. The molecule has 0 aromatic heterocycles. The first-order valence-corrected chi connectivity index (χ1v) is 9.27. The molecule has 2 aliphatic rings. The molecule has 4 rings (SSSR count). The Morgan fingerprint density at radius 2 is 2.00 bits per heavy atom. The van der Waals surface area contributed by atoms with Gasteiger partial charge >= 0.3 is 5.97 Å². The summed E-state index contributed by atoms with van der Waals surface area (Å²) in [5, 5.41) is 12.9. The molecule has 1 aliphatic carbocycles. The Hall–Kier alpha value is -2.33. The molecule has 1 spiro atoms. The molecule has 1 heterocycles. The van der Waals surface area contributed by atoms with Gasteiger partial charge in [-0.15, -0.1) is 0 Å². The minimum absolute atomic E-state index is 0.289. The summed E-state index contributed by atoms with van der Waals surface area (Å²) in [6.45, 7) is 4.15. The van der Waals surface area contributed by atoms with Crippen molar-refractivity contribution in [3.63, 3.8) is 0 Å².